The summed E-state index contributed by atoms with van der Waals surface area (Å²) in [7, 11) is 0. The fourth-order valence-electron chi connectivity index (χ4n) is 2.13. The van der Waals surface area contributed by atoms with E-state index in [1.165, 1.54) is 4.90 Å². The number of aromatic nitrogens is 3. The molecule has 0 N–H and O–H groups in total. The van der Waals surface area contributed by atoms with Crippen LogP contribution in [0.1, 0.15) is 29.4 Å². The first-order chi connectivity index (χ1) is 10.6. The van der Waals surface area contributed by atoms with E-state index in [0.717, 1.165) is 28.9 Å². The summed E-state index contributed by atoms with van der Waals surface area (Å²) in [5, 5.41) is 11.1. The minimum absolute atomic E-state index is 0.101. The monoisotopic (exact) mass is 338 g/mol. The molecule has 0 spiro atoms. The highest BCUT2D eigenvalue weighted by Gasteiger charge is 2.26. The summed E-state index contributed by atoms with van der Waals surface area (Å²) in [6.45, 7) is 2.45. The number of carbonyl (C=O) groups is 2. The molecule has 1 fully saturated rings. The Morgan fingerprint density at radius 1 is 1.50 bits per heavy atom. The van der Waals surface area contributed by atoms with E-state index in [1.807, 2.05) is 12.3 Å². The van der Waals surface area contributed by atoms with E-state index < -0.39 is 0 Å². The van der Waals surface area contributed by atoms with Crippen LogP contribution in [-0.2, 0) is 16.0 Å². The van der Waals surface area contributed by atoms with E-state index in [0.29, 0.717) is 30.5 Å². The zero-order valence-corrected chi connectivity index (χ0v) is 13.6. The number of nitrogens with zero attached hydrogens (tertiary/aromatic N) is 4. The van der Waals surface area contributed by atoms with Gasteiger partial charge < -0.3 is 4.42 Å². The van der Waals surface area contributed by atoms with Gasteiger partial charge in [-0.25, -0.2) is 4.98 Å². The standard InChI is InChI=1S/C13H14N4O3S2/c1-8-14-9(6-21-8)5-10-15-16-13(20-10)22-7-12(19)17-4-2-3-11(17)18/h6H,2-5,7H2,1H3. The van der Waals surface area contributed by atoms with Crippen LogP contribution in [0.3, 0.4) is 0 Å². The molecule has 0 atom stereocenters. The van der Waals surface area contributed by atoms with Crippen molar-refractivity contribution in [2.45, 2.75) is 31.4 Å². The Labute approximate surface area is 135 Å². The highest BCUT2D eigenvalue weighted by Crippen LogP contribution is 2.20. The van der Waals surface area contributed by atoms with Gasteiger partial charge in [-0.1, -0.05) is 11.8 Å². The first-order valence-electron chi connectivity index (χ1n) is 6.81. The molecule has 3 rings (SSSR count). The van der Waals surface area contributed by atoms with Gasteiger partial charge in [-0.15, -0.1) is 21.5 Å². The van der Waals surface area contributed by atoms with Crippen LogP contribution in [-0.4, -0.2) is 44.2 Å². The Morgan fingerprint density at radius 3 is 3.05 bits per heavy atom. The van der Waals surface area contributed by atoms with Crippen LogP contribution >= 0.6 is 23.1 Å². The molecule has 9 heteroatoms. The summed E-state index contributed by atoms with van der Waals surface area (Å²) in [6.07, 6.45) is 1.68. The van der Waals surface area contributed by atoms with E-state index >= 15 is 0 Å². The third kappa shape index (κ3) is 3.53. The first-order valence-corrected chi connectivity index (χ1v) is 8.68. The van der Waals surface area contributed by atoms with Crippen LogP contribution in [0, 0.1) is 6.92 Å². The quantitative estimate of drug-likeness (QED) is 0.766. The van der Waals surface area contributed by atoms with Gasteiger partial charge in [0.2, 0.25) is 17.7 Å². The maximum absolute atomic E-state index is 11.9. The highest BCUT2D eigenvalue weighted by atomic mass is 32.2. The van der Waals surface area contributed by atoms with E-state index in [4.69, 9.17) is 4.42 Å². The maximum atomic E-state index is 11.9. The van der Waals surface area contributed by atoms with E-state index in [2.05, 4.69) is 15.2 Å². The lowest BCUT2D eigenvalue weighted by atomic mass is 10.3. The summed E-state index contributed by atoms with van der Waals surface area (Å²) < 4.78 is 5.49. The van der Waals surface area contributed by atoms with E-state index in [1.54, 1.807) is 11.3 Å². The summed E-state index contributed by atoms with van der Waals surface area (Å²) >= 11 is 2.72. The van der Waals surface area contributed by atoms with Crippen molar-refractivity contribution >= 4 is 34.9 Å². The molecule has 0 radical (unpaired) electrons. The third-order valence-corrected chi connectivity index (χ3v) is 4.77. The Kier molecular flexibility index (Phi) is 4.53. The summed E-state index contributed by atoms with van der Waals surface area (Å²) in [5.74, 6) is 0.291. The van der Waals surface area contributed by atoms with Crippen LogP contribution in [0.15, 0.2) is 15.0 Å². The number of thioether (sulfide) groups is 1. The van der Waals surface area contributed by atoms with Crippen molar-refractivity contribution in [1.82, 2.24) is 20.1 Å². The Balaban J connectivity index is 1.53. The molecule has 22 heavy (non-hydrogen) atoms. The fraction of sp³-hybridized carbons (Fsp3) is 0.462. The molecular formula is C13H14N4O3S2. The molecular weight excluding hydrogens is 324 g/mol. The zero-order chi connectivity index (χ0) is 15.5. The van der Waals surface area contributed by atoms with Gasteiger partial charge in [0.1, 0.15) is 0 Å². The average molecular weight is 338 g/mol. The molecule has 1 saturated heterocycles. The van der Waals surface area contributed by atoms with Gasteiger partial charge >= 0.3 is 0 Å². The van der Waals surface area contributed by atoms with Crippen molar-refractivity contribution in [1.29, 1.82) is 0 Å². The second-order valence-corrected chi connectivity index (χ2v) is 6.82. The number of thiazole rings is 1. The molecule has 116 valence electrons. The Morgan fingerprint density at radius 2 is 2.36 bits per heavy atom. The topological polar surface area (TPSA) is 89.2 Å². The van der Waals surface area contributed by atoms with E-state index in [-0.39, 0.29) is 17.6 Å². The number of rotatable bonds is 5. The van der Waals surface area contributed by atoms with Crippen molar-refractivity contribution in [3.05, 3.63) is 22.0 Å². The molecule has 7 nitrogen and oxygen atoms in total. The van der Waals surface area contributed by atoms with Gasteiger partial charge in [-0.3, -0.25) is 14.5 Å². The predicted molar refractivity (Wildman–Crippen MR) is 80.6 cm³/mol. The number of aryl methyl sites for hydroxylation is 1. The number of carbonyl (C=O) groups excluding carboxylic acids is 2. The molecule has 0 aliphatic carbocycles. The molecule has 2 aromatic rings. The van der Waals surface area contributed by atoms with Gasteiger partial charge in [0.15, 0.2) is 0 Å². The van der Waals surface area contributed by atoms with Gasteiger partial charge in [-0.05, 0) is 13.3 Å². The van der Waals surface area contributed by atoms with Crippen LogP contribution in [0.5, 0.6) is 0 Å². The third-order valence-electron chi connectivity index (χ3n) is 3.14. The van der Waals surface area contributed by atoms with Crippen molar-refractivity contribution in [2.24, 2.45) is 0 Å². The van der Waals surface area contributed by atoms with Crippen molar-refractivity contribution < 1.29 is 14.0 Å². The zero-order valence-electron chi connectivity index (χ0n) is 11.9. The van der Waals surface area contributed by atoms with Crippen LogP contribution in [0.2, 0.25) is 0 Å². The Hall–Kier alpha value is -1.74. The number of hydrogen-bond donors (Lipinski definition) is 0. The number of hydrogen-bond acceptors (Lipinski definition) is 8. The highest BCUT2D eigenvalue weighted by molar-refractivity contribution is 7.99. The Bertz CT molecular complexity index is 697. The lowest BCUT2D eigenvalue weighted by molar-refractivity contribution is -0.140. The van der Waals surface area contributed by atoms with Crippen LogP contribution in [0.25, 0.3) is 0 Å². The SMILES string of the molecule is Cc1nc(Cc2nnc(SCC(=O)N3CCCC3=O)o2)cs1. The largest absolute Gasteiger partial charge is 0.416 e. The van der Waals surface area contributed by atoms with Crippen molar-refractivity contribution in [3.63, 3.8) is 0 Å². The maximum Gasteiger partial charge on any atom is 0.277 e. The second-order valence-electron chi connectivity index (χ2n) is 4.83. The van der Waals surface area contributed by atoms with Gasteiger partial charge in [-0.2, -0.15) is 0 Å². The first kappa shape index (κ1) is 15.2. The molecule has 0 unspecified atom stereocenters. The smallest absolute Gasteiger partial charge is 0.277 e. The molecule has 0 aromatic carbocycles. The lowest BCUT2D eigenvalue weighted by Crippen LogP contribution is -2.33. The molecule has 1 aliphatic rings. The summed E-state index contributed by atoms with van der Waals surface area (Å²) in [4.78, 5) is 29.0. The van der Waals surface area contributed by atoms with Gasteiger partial charge in [0.25, 0.3) is 5.22 Å². The van der Waals surface area contributed by atoms with Crippen LogP contribution < -0.4 is 0 Å². The molecule has 2 amide bonds. The molecule has 1 aliphatic heterocycles. The number of amides is 2. The summed E-state index contributed by atoms with van der Waals surface area (Å²) in [6, 6.07) is 0. The molecule has 0 bridgehead atoms. The van der Waals surface area contributed by atoms with E-state index in [9.17, 15) is 9.59 Å². The van der Waals surface area contributed by atoms with Crippen molar-refractivity contribution in [2.75, 3.05) is 12.3 Å². The predicted octanol–water partition coefficient (Wildman–Crippen LogP) is 1.67. The lowest BCUT2D eigenvalue weighted by Gasteiger charge is -2.11. The van der Waals surface area contributed by atoms with Gasteiger partial charge in [0, 0.05) is 18.3 Å². The van der Waals surface area contributed by atoms with Crippen molar-refractivity contribution in [3.8, 4) is 0 Å². The summed E-state index contributed by atoms with van der Waals surface area (Å²) in [5.41, 5.74) is 0.890. The molecule has 0 saturated carbocycles. The minimum Gasteiger partial charge on any atom is -0.416 e. The average Bonchev–Trinajstić information content (AvgIpc) is 3.19. The molecule has 3 heterocycles. The number of likely N-dealkylation sites (tertiary alicyclic amines) is 1. The minimum atomic E-state index is -0.206. The van der Waals surface area contributed by atoms with Gasteiger partial charge in [0.05, 0.1) is 22.9 Å². The second kappa shape index (κ2) is 6.57. The fourth-order valence-corrected chi connectivity index (χ4v) is 3.39. The number of imide groups is 1. The van der Waals surface area contributed by atoms with Crippen LogP contribution in [0.4, 0.5) is 0 Å². The normalized spacial score (nSPS) is 14.8. The molecule has 2 aromatic heterocycles.